The molecule has 0 aliphatic rings. The van der Waals surface area contributed by atoms with E-state index >= 15 is 0 Å². The van der Waals surface area contributed by atoms with E-state index in [-0.39, 0.29) is 48.1 Å². The molecule has 0 fully saturated rings. The lowest BCUT2D eigenvalue weighted by Gasteiger charge is -2.14. The Hall–Kier alpha value is -3.38. The van der Waals surface area contributed by atoms with Crippen LogP contribution in [0.3, 0.4) is 0 Å². The number of carbonyl (C=O) groups is 3. The molecule has 6 nitrogen and oxygen atoms in total. The average Bonchev–Trinajstić information content (AvgIpc) is 2.77. The molecule has 0 aromatic heterocycles. The standard InChI is InChI=1S/C26H27NO5.ClH/c1-16(2)25(29)31-23-13-18-10-11-19(22(28)15-27-21-8-6-5-7-9-21)12-20(18)14-24(23)32-26(30)17(3)4;/h5-14,16-17,27H,15H2,1-4H3;1H. The van der Waals surface area contributed by atoms with Crippen LogP contribution in [0.1, 0.15) is 38.1 Å². The molecular weight excluding hydrogens is 442 g/mol. The number of benzene rings is 3. The van der Waals surface area contributed by atoms with Crippen LogP contribution in [-0.2, 0) is 9.59 Å². The second kappa shape index (κ2) is 11.5. The second-order valence-electron chi connectivity index (χ2n) is 8.16. The van der Waals surface area contributed by atoms with Crippen LogP contribution < -0.4 is 14.8 Å². The fourth-order valence-electron chi connectivity index (χ4n) is 2.88. The third-order valence-electron chi connectivity index (χ3n) is 4.82. The van der Waals surface area contributed by atoms with Gasteiger partial charge in [0.25, 0.3) is 0 Å². The third-order valence-corrected chi connectivity index (χ3v) is 4.82. The van der Waals surface area contributed by atoms with Crippen LogP contribution in [0.15, 0.2) is 60.7 Å². The predicted molar refractivity (Wildman–Crippen MR) is 131 cm³/mol. The molecule has 0 radical (unpaired) electrons. The van der Waals surface area contributed by atoms with Crippen molar-refractivity contribution in [2.45, 2.75) is 27.7 Å². The molecule has 0 aliphatic heterocycles. The van der Waals surface area contributed by atoms with Gasteiger partial charge in [-0.1, -0.05) is 58.0 Å². The number of fused-ring (bicyclic) bond motifs is 1. The first-order chi connectivity index (χ1) is 15.2. The number of halogens is 1. The highest BCUT2D eigenvalue weighted by molar-refractivity contribution is 6.02. The van der Waals surface area contributed by atoms with E-state index in [9.17, 15) is 14.4 Å². The smallest absolute Gasteiger partial charge is 0.313 e. The van der Waals surface area contributed by atoms with E-state index in [0.29, 0.717) is 10.9 Å². The fraction of sp³-hybridized carbons (Fsp3) is 0.269. The van der Waals surface area contributed by atoms with Gasteiger partial charge in [-0.2, -0.15) is 0 Å². The zero-order chi connectivity index (χ0) is 23.3. The Morgan fingerprint density at radius 2 is 1.30 bits per heavy atom. The quantitative estimate of drug-likeness (QED) is 0.259. The molecule has 0 unspecified atom stereocenters. The first-order valence-electron chi connectivity index (χ1n) is 10.6. The van der Waals surface area contributed by atoms with Crippen molar-refractivity contribution in [1.82, 2.24) is 0 Å². The van der Waals surface area contributed by atoms with Crippen LogP contribution in [0.5, 0.6) is 11.5 Å². The minimum absolute atomic E-state index is 0. The minimum Gasteiger partial charge on any atom is -0.422 e. The Bertz CT molecular complexity index is 1140. The molecule has 0 saturated heterocycles. The van der Waals surface area contributed by atoms with Crippen LogP contribution >= 0.6 is 12.4 Å². The number of nitrogens with one attached hydrogen (secondary N) is 1. The zero-order valence-electron chi connectivity index (χ0n) is 19.1. The average molecular weight is 470 g/mol. The van der Waals surface area contributed by atoms with Crippen molar-refractivity contribution in [3.8, 4) is 11.5 Å². The number of ketones is 1. The SMILES string of the molecule is CC(C)C(=O)Oc1cc2ccc(C(=O)CNc3ccccc3)cc2cc1OC(=O)C(C)C.Cl. The monoisotopic (exact) mass is 469 g/mol. The summed E-state index contributed by atoms with van der Waals surface area (Å²) >= 11 is 0. The van der Waals surface area contributed by atoms with Crippen molar-refractivity contribution in [2.24, 2.45) is 11.8 Å². The summed E-state index contributed by atoms with van der Waals surface area (Å²) in [6, 6.07) is 18.0. The topological polar surface area (TPSA) is 81.7 Å². The van der Waals surface area contributed by atoms with E-state index in [2.05, 4.69) is 5.32 Å². The lowest BCUT2D eigenvalue weighted by molar-refractivity contribution is -0.140. The maximum absolute atomic E-state index is 12.7. The van der Waals surface area contributed by atoms with Crippen LogP contribution in [0.2, 0.25) is 0 Å². The molecule has 0 aliphatic carbocycles. The molecule has 0 bridgehead atoms. The molecular formula is C26H28ClNO5. The van der Waals surface area contributed by atoms with Crippen molar-refractivity contribution in [2.75, 3.05) is 11.9 Å². The summed E-state index contributed by atoms with van der Waals surface area (Å²) in [6.07, 6.45) is 0. The molecule has 0 amide bonds. The predicted octanol–water partition coefficient (Wildman–Crippen LogP) is 5.68. The summed E-state index contributed by atoms with van der Waals surface area (Å²) in [5.41, 5.74) is 1.38. The van der Waals surface area contributed by atoms with Crippen molar-refractivity contribution in [3.63, 3.8) is 0 Å². The summed E-state index contributed by atoms with van der Waals surface area (Å²) < 4.78 is 11.0. The molecule has 3 aromatic rings. The molecule has 174 valence electrons. The lowest BCUT2D eigenvalue weighted by Crippen LogP contribution is -2.18. The first kappa shape index (κ1) is 25.9. The van der Waals surface area contributed by atoms with Crippen LogP contribution in [0, 0.1) is 11.8 Å². The van der Waals surface area contributed by atoms with Crippen LogP contribution in [-0.4, -0.2) is 24.3 Å². The molecule has 3 rings (SSSR count). The number of para-hydroxylation sites is 1. The number of hydrogen-bond donors (Lipinski definition) is 1. The maximum Gasteiger partial charge on any atom is 0.313 e. The van der Waals surface area contributed by atoms with E-state index in [4.69, 9.17) is 9.47 Å². The summed E-state index contributed by atoms with van der Waals surface area (Å²) in [7, 11) is 0. The van der Waals surface area contributed by atoms with Crippen LogP contribution in [0.25, 0.3) is 10.8 Å². The number of esters is 2. The molecule has 0 atom stereocenters. The highest BCUT2D eigenvalue weighted by Gasteiger charge is 2.19. The second-order valence-corrected chi connectivity index (χ2v) is 8.16. The van der Waals surface area contributed by atoms with Gasteiger partial charge in [0.15, 0.2) is 17.3 Å². The van der Waals surface area contributed by atoms with E-state index < -0.39 is 11.9 Å². The van der Waals surface area contributed by atoms with Gasteiger partial charge in [0.05, 0.1) is 18.4 Å². The number of ether oxygens (including phenoxy) is 2. The van der Waals surface area contributed by atoms with Gasteiger partial charge in [-0.05, 0) is 41.1 Å². The fourth-order valence-corrected chi connectivity index (χ4v) is 2.88. The molecule has 0 saturated carbocycles. The minimum atomic E-state index is -0.439. The Morgan fingerprint density at radius 1 is 0.758 bits per heavy atom. The van der Waals surface area contributed by atoms with E-state index in [1.165, 1.54) is 0 Å². The number of Topliss-reactive ketones (excluding diaryl/α,β-unsaturated/α-hetero) is 1. The summed E-state index contributed by atoms with van der Waals surface area (Å²) in [4.78, 5) is 37.0. The van der Waals surface area contributed by atoms with Gasteiger partial charge >= 0.3 is 11.9 Å². The maximum atomic E-state index is 12.7. The Labute approximate surface area is 199 Å². The molecule has 3 aromatic carbocycles. The van der Waals surface area contributed by atoms with Gasteiger partial charge in [0, 0.05) is 11.3 Å². The summed E-state index contributed by atoms with van der Waals surface area (Å²) in [5, 5.41) is 4.56. The van der Waals surface area contributed by atoms with Crippen molar-refractivity contribution >= 4 is 46.6 Å². The highest BCUT2D eigenvalue weighted by Crippen LogP contribution is 2.34. The summed E-state index contributed by atoms with van der Waals surface area (Å²) in [6.45, 7) is 7.04. The number of rotatable bonds is 8. The normalized spacial score (nSPS) is 10.6. The van der Waals surface area contributed by atoms with Crippen molar-refractivity contribution in [3.05, 3.63) is 66.2 Å². The van der Waals surface area contributed by atoms with Crippen LogP contribution in [0.4, 0.5) is 5.69 Å². The Morgan fingerprint density at radius 3 is 1.85 bits per heavy atom. The highest BCUT2D eigenvalue weighted by atomic mass is 35.5. The molecule has 0 heterocycles. The van der Waals surface area contributed by atoms with Gasteiger partial charge in [-0.3, -0.25) is 14.4 Å². The number of carbonyl (C=O) groups excluding carboxylic acids is 3. The molecule has 33 heavy (non-hydrogen) atoms. The van der Waals surface area contributed by atoms with Gasteiger partial charge in [0.2, 0.25) is 0 Å². The third kappa shape index (κ3) is 6.80. The van der Waals surface area contributed by atoms with Gasteiger partial charge in [-0.15, -0.1) is 12.4 Å². The van der Waals surface area contributed by atoms with Crippen molar-refractivity contribution in [1.29, 1.82) is 0 Å². The molecule has 0 spiro atoms. The Balaban J connectivity index is 0.00000385. The van der Waals surface area contributed by atoms with Crippen molar-refractivity contribution < 1.29 is 23.9 Å². The van der Waals surface area contributed by atoms with Gasteiger partial charge < -0.3 is 14.8 Å². The number of hydrogen-bond acceptors (Lipinski definition) is 6. The van der Waals surface area contributed by atoms with Gasteiger partial charge in [0.1, 0.15) is 0 Å². The van der Waals surface area contributed by atoms with E-state index in [1.54, 1.807) is 58.0 Å². The number of anilines is 1. The van der Waals surface area contributed by atoms with E-state index in [0.717, 1.165) is 11.1 Å². The molecule has 1 N–H and O–H groups in total. The first-order valence-corrected chi connectivity index (χ1v) is 10.6. The summed E-state index contributed by atoms with van der Waals surface area (Å²) in [5.74, 6) is -1.30. The largest absolute Gasteiger partial charge is 0.422 e. The zero-order valence-corrected chi connectivity index (χ0v) is 19.9. The van der Waals surface area contributed by atoms with E-state index in [1.807, 2.05) is 30.3 Å². The molecule has 7 heteroatoms. The van der Waals surface area contributed by atoms with Gasteiger partial charge in [-0.25, -0.2) is 0 Å². The Kier molecular flexibility index (Phi) is 9.00. The lowest BCUT2D eigenvalue weighted by atomic mass is 10.0.